The lowest BCUT2D eigenvalue weighted by atomic mass is 10.0. The molecule has 0 spiro atoms. The molecule has 0 N–H and O–H groups in total. The number of hydrogen-bond donors (Lipinski definition) is 0. The van der Waals surface area contributed by atoms with E-state index in [1.165, 1.54) is 12.1 Å². The summed E-state index contributed by atoms with van der Waals surface area (Å²) in [6.07, 6.45) is 0.703. The van der Waals surface area contributed by atoms with Crippen molar-refractivity contribution in [2.75, 3.05) is 25.6 Å². The summed E-state index contributed by atoms with van der Waals surface area (Å²) >= 11 is 5.62. The number of nitrogens with zero attached hydrogens (tertiary/aromatic N) is 1. The molecule has 1 aliphatic heterocycles. The van der Waals surface area contributed by atoms with Crippen molar-refractivity contribution in [1.82, 2.24) is 4.90 Å². The topological polar surface area (TPSA) is 29.5 Å². The maximum absolute atomic E-state index is 12.9. The van der Waals surface area contributed by atoms with Gasteiger partial charge in [-0.05, 0) is 24.1 Å². The number of benzene rings is 1. The van der Waals surface area contributed by atoms with E-state index in [1.54, 1.807) is 17.0 Å². The number of rotatable bonds is 2. The van der Waals surface area contributed by atoms with Crippen LogP contribution in [-0.2, 0) is 9.53 Å². The number of carbonyl (C=O) groups is 1. The van der Waals surface area contributed by atoms with Crippen LogP contribution in [0.25, 0.3) is 0 Å². The van der Waals surface area contributed by atoms with Gasteiger partial charge in [0.15, 0.2) is 0 Å². The van der Waals surface area contributed by atoms with E-state index in [0.717, 1.165) is 5.56 Å². The van der Waals surface area contributed by atoms with E-state index in [9.17, 15) is 9.18 Å². The van der Waals surface area contributed by atoms with E-state index < -0.39 is 0 Å². The van der Waals surface area contributed by atoms with Crippen molar-refractivity contribution in [3.8, 4) is 0 Å². The third-order valence-electron chi connectivity index (χ3n) is 3.08. The van der Waals surface area contributed by atoms with Crippen LogP contribution in [0.2, 0.25) is 0 Å². The summed E-state index contributed by atoms with van der Waals surface area (Å²) in [5.74, 6) is -0.437. The number of alkyl halides is 1. The first-order valence-electron chi connectivity index (χ1n) is 5.91. The molecule has 1 fully saturated rings. The first-order valence-corrected chi connectivity index (χ1v) is 6.44. The maximum Gasteiger partial charge on any atom is 0.238 e. The fourth-order valence-electron chi connectivity index (χ4n) is 2.18. The molecule has 1 atom stereocenters. The van der Waals surface area contributed by atoms with Crippen LogP contribution in [0.4, 0.5) is 4.39 Å². The molecule has 1 amide bonds. The molecule has 5 heteroatoms. The Kier molecular flexibility index (Phi) is 4.55. The second kappa shape index (κ2) is 6.16. The van der Waals surface area contributed by atoms with E-state index in [-0.39, 0.29) is 23.6 Å². The van der Waals surface area contributed by atoms with Crippen molar-refractivity contribution < 1.29 is 13.9 Å². The minimum Gasteiger partial charge on any atom is -0.380 e. The smallest absolute Gasteiger partial charge is 0.238 e. The fourth-order valence-corrected chi connectivity index (χ4v) is 2.33. The zero-order valence-electron chi connectivity index (χ0n) is 9.94. The van der Waals surface area contributed by atoms with Crippen molar-refractivity contribution in [2.24, 2.45) is 0 Å². The molecule has 1 aromatic carbocycles. The van der Waals surface area contributed by atoms with Gasteiger partial charge in [0.05, 0.1) is 12.6 Å². The van der Waals surface area contributed by atoms with Gasteiger partial charge >= 0.3 is 0 Å². The summed E-state index contributed by atoms with van der Waals surface area (Å²) in [5.41, 5.74) is 0.917. The molecule has 0 saturated carbocycles. The van der Waals surface area contributed by atoms with Gasteiger partial charge in [0.1, 0.15) is 11.7 Å². The molecule has 0 bridgehead atoms. The number of amides is 1. The molecule has 0 aliphatic carbocycles. The Morgan fingerprint density at radius 3 is 2.78 bits per heavy atom. The lowest BCUT2D eigenvalue weighted by Crippen LogP contribution is -2.36. The van der Waals surface area contributed by atoms with Crippen molar-refractivity contribution in [1.29, 1.82) is 0 Å². The van der Waals surface area contributed by atoms with E-state index in [1.807, 2.05) is 0 Å². The average molecular weight is 272 g/mol. The van der Waals surface area contributed by atoms with E-state index >= 15 is 0 Å². The Morgan fingerprint density at radius 2 is 2.11 bits per heavy atom. The highest BCUT2D eigenvalue weighted by Crippen LogP contribution is 2.26. The highest BCUT2D eigenvalue weighted by molar-refractivity contribution is 6.27. The Morgan fingerprint density at radius 1 is 1.39 bits per heavy atom. The average Bonchev–Trinajstić information content (AvgIpc) is 2.64. The summed E-state index contributed by atoms with van der Waals surface area (Å²) in [6, 6.07) is 6.15. The van der Waals surface area contributed by atoms with Gasteiger partial charge in [-0.1, -0.05) is 12.1 Å². The van der Waals surface area contributed by atoms with Crippen LogP contribution in [-0.4, -0.2) is 36.4 Å². The Bertz CT molecular complexity index is 410. The number of halogens is 2. The maximum atomic E-state index is 12.9. The van der Waals surface area contributed by atoms with E-state index in [4.69, 9.17) is 16.3 Å². The monoisotopic (exact) mass is 271 g/mol. The lowest BCUT2D eigenvalue weighted by Gasteiger charge is -2.29. The Labute approximate surface area is 110 Å². The molecule has 1 saturated heterocycles. The van der Waals surface area contributed by atoms with E-state index in [0.29, 0.717) is 26.2 Å². The largest absolute Gasteiger partial charge is 0.380 e. The minimum absolute atomic E-state index is 0.0440. The summed E-state index contributed by atoms with van der Waals surface area (Å²) < 4.78 is 18.3. The van der Waals surface area contributed by atoms with Crippen LogP contribution in [0.1, 0.15) is 18.0 Å². The number of hydrogen-bond acceptors (Lipinski definition) is 2. The highest BCUT2D eigenvalue weighted by Gasteiger charge is 2.26. The van der Waals surface area contributed by atoms with Crippen molar-refractivity contribution in [2.45, 2.75) is 12.5 Å². The standard InChI is InChI=1S/C13H15ClFNO2/c14-9-13(17)16-6-8-18-7-5-12(16)10-1-3-11(15)4-2-10/h1-4,12H,5-9H2. The second-order valence-electron chi connectivity index (χ2n) is 4.19. The van der Waals surface area contributed by atoms with Crippen LogP contribution in [0.5, 0.6) is 0 Å². The number of ether oxygens (including phenoxy) is 1. The molecule has 0 radical (unpaired) electrons. The van der Waals surface area contributed by atoms with Gasteiger partial charge < -0.3 is 9.64 Å². The molecule has 3 nitrogen and oxygen atoms in total. The molecule has 1 heterocycles. The van der Waals surface area contributed by atoms with Crippen molar-refractivity contribution >= 4 is 17.5 Å². The first kappa shape index (κ1) is 13.3. The van der Waals surface area contributed by atoms with Gasteiger partial charge in [0, 0.05) is 13.2 Å². The van der Waals surface area contributed by atoms with Gasteiger partial charge in [-0.15, -0.1) is 11.6 Å². The minimum atomic E-state index is -0.279. The SMILES string of the molecule is O=C(CCl)N1CCOCCC1c1ccc(F)cc1. The predicted molar refractivity (Wildman–Crippen MR) is 67.0 cm³/mol. The number of carbonyl (C=O) groups excluding carboxylic acids is 1. The molecule has 1 aromatic rings. The van der Waals surface area contributed by atoms with Crippen molar-refractivity contribution in [3.63, 3.8) is 0 Å². The summed E-state index contributed by atoms with van der Waals surface area (Å²) in [6.45, 7) is 1.63. The molecule has 0 aromatic heterocycles. The Hall–Kier alpha value is -1.13. The quantitative estimate of drug-likeness (QED) is 0.773. The van der Waals surface area contributed by atoms with Crippen LogP contribution < -0.4 is 0 Å². The summed E-state index contributed by atoms with van der Waals surface area (Å²) in [7, 11) is 0. The second-order valence-corrected chi connectivity index (χ2v) is 4.46. The molecule has 18 heavy (non-hydrogen) atoms. The molecular formula is C13H15ClFNO2. The summed E-state index contributed by atoms with van der Waals surface area (Å²) in [5, 5.41) is 0. The van der Waals surface area contributed by atoms with Gasteiger partial charge in [-0.2, -0.15) is 0 Å². The molecular weight excluding hydrogens is 257 g/mol. The predicted octanol–water partition coefficient (Wildman–Crippen LogP) is 2.35. The first-order chi connectivity index (χ1) is 8.72. The molecule has 1 unspecified atom stereocenters. The Balaban J connectivity index is 2.24. The fraction of sp³-hybridized carbons (Fsp3) is 0.462. The van der Waals surface area contributed by atoms with Crippen LogP contribution in [0, 0.1) is 5.82 Å². The van der Waals surface area contributed by atoms with Gasteiger partial charge in [0.2, 0.25) is 5.91 Å². The van der Waals surface area contributed by atoms with Gasteiger partial charge in [0.25, 0.3) is 0 Å². The molecule has 98 valence electrons. The molecule has 2 rings (SSSR count). The van der Waals surface area contributed by atoms with Gasteiger partial charge in [-0.3, -0.25) is 4.79 Å². The normalized spacial score (nSPS) is 20.6. The van der Waals surface area contributed by atoms with E-state index in [2.05, 4.69) is 0 Å². The third-order valence-corrected chi connectivity index (χ3v) is 3.31. The van der Waals surface area contributed by atoms with Crippen LogP contribution >= 0.6 is 11.6 Å². The lowest BCUT2D eigenvalue weighted by molar-refractivity contribution is -0.130. The van der Waals surface area contributed by atoms with Crippen molar-refractivity contribution in [3.05, 3.63) is 35.6 Å². The summed E-state index contributed by atoms with van der Waals surface area (Å²) in [4.78, 5) is 13.6. The zero-order chi connectivity index (χ0) is 13.0. The molecule has 1 aliphatic rings. The highest BCUT2D eigenvalue weighted by atomic mass is 35.5. The zero-order valence-corrected chi connectivity index (χ0v) is 10.7. The van der Waals surface area contributed by atoms with Crippen LogP contribution in [0.3, 0.4) is 0 Å². The van der Waals surface area contributed by atoms with Crippen LogP contribution in [0.15, 0.2) is 24.3 Å². The third kappa shape index (κ3) is 3.00. The van der Waals surface area contributed by atoms with Gasteiger partial charge in [-0.25, -0.2) is 4.39 Å².